The summed E-state index contributed by atoms with van der Waals surface area (Å²) in [5.41, 5.74) is 1.65. The third kappa shape index (κ3) is 3.00. The van der Waals surface area contributed by atoms with Crippen molar-refractivity contribution < 1.29 is 9.72 Å². The average molecular weight is 324 g/mol. The number of nitrogens with one attached hydrogen (secondary N) is 2. The van der Waals surface area contributed by atoms with E-state index in [2.05, 4.69) is 26.2 Å². The molecule has 0 aliphatic carbocycles. The van der Waals surface area contributed by atoms with E-state index in [0.29, 0.717) is 5.69 Å². The number of hydrogen-bond acceptors (Lipinski definition) is 3. The molecule has 1 amide bonds. The van der Waals surface area contributed by atoms with E-state index in [9.17, 15) is 14.9 Å². The number of nitrogens with zero attached hydrogens (tertiary/aromatic N) is 1. The lowest BCUT2D eigenvalue weighted by Gasteiger charge is -2.06. The van der Waals surface area contributed by atoms with Crippen LogP contribution in [0.5, 0.6) is 0 Å². The zero-order chi connectivity index (χ0) is 14.0. The summed E-state index contributed by atoms with van der Waals surface area (Å²) < 4.78 is 0.752. The Morgan fingerprint density at radius 1 is 1.42 bits per heavy atom. The van der Waals surface area contributed by atoms with E-state index < -0.39 is 10.8 Å². The number of aromatic amines is 1. The quantitative estimate of drug-likeness (QED) is 0.671. The van der Waals surface area contributed by atoms with Gasteiger partial charge in [0, 0.05) is 10.5 Å². The van der Waals surface area contributed by atoms with Gasteiger partial charge in [-0.05, 0) is 40.5 Å². The number of rotatable bonds is 3. The minimum Gasteiger partial charge on any atom is -0.351 e. The Labute approximate surface area is 117 Å². The van der Waals surface area contributed by atoms with Gasteiger partial charge < -0.3 is 10.3 Å². The van der Waals surface area contributed by atoms with E-state index in [0.717, 1.165) is 10.0 Å². The molecule has 0 saturated heterocycles. The molecule has 7 heteroatoms. The van der Waals surface area contributed by atoms with Gasteiger partial charge in [0.2, 0.25) is 0 Å². The van der Waals surface area contributed by atoms with Crippen LogP contribution in [-0.2, 0) is 0 Å². The van der Waals surface area contributed by atoms with Crippen molar-refractivity contribution in [3.05, 3.63) is 56.3 Å². The van der Waals surface area contributed by atoms with Crippen molar-refractivity contribution in [3.8, 4) is 0 Å². The number of benzene rings is 1. The predicted molar refractivity (Wildman–Crippen MR) is 74.3 cm³/mol. The number of carbonyl (C=O) groups is 1. The SMILES string of the molecule is Cc1ccc(NC(=O)c2cc([N+](=O)[O-])c[nH]2)c(Br)c1. The van der Waals surface area contributed by atoms with Gasteiger partial charge >= 0.3 is 0 Å². The highest BCUT2D eigenvalue weighted by Crippen LogP contribution is 2.24. The number of anilines is 1. The second kappa shape index (κ2) is 5.23. The van der Waals surface area contributed by atoms with Crippen molar-refractivity contribution in [2.24, 2.45) is 0 Å². The van der Waals surface area contributed by atoms with Gasteiger partial charge in [-0.2, -0.15) is 0 Å². The molecule has 2 aromatic rings. The van der Waals surface area contributed by atoms with Crippen LogP contribution in [0.15, 0.2) is 34.9 Å². The average Bonchev–Trinajstić information content (AvgIpc) is 2.82. The fourth-order valence-corrected chi connectivity index (χ4v) is 2.12. The van der Waals surface area contributed by atoms with Crippen molar-refractivity contribution in [2.75, 3.05) is 5.32 Å². The first kappa shape index (κ1) is 13.3. The molecule has 1 aromatic carbocycles. The number of hydrogen-bond donors (Lipinski definition) is 2. The summed E-state index contributed by atoms with van der Waals surface area (Å²) in [6.45, 7) is 1.94. The van der Waals surface area contributed by atoms with Crippen molar-refractivity contribution >= 4 is 33.2 Å². The van der Waals surface area contributed by atoms with Gasteiger partial charge in [-0.15, -0.1) is 0 Å². The molecule has 0 bridgehead atoms. The molecular formula is C12H10BrN3O3. The van der Waals surface area contributed by atoms with Crippen LogP contribution in [0, 0.1) is 17.0 Å². The Morgan fingerprint density at radius 2 is 2.16 bits per heavy atom. The molecular weight excluding hydrogens is 314 g/mol. The molecule has 0 spiro atoms. The van der Waals surface area contributed by atoms with Crippen LogP contribution >= 0.6 is 15.9 Å². The summed E-state index contributed by atoms with van der Waals surface area (Å²) in [6, 6.07) is 6.68. The number of nitro groups is 1. The predicted octanol–water partition coefficient (Wildman–Crippen LogP) is 3.25. The van der Waals surface area contributed by atoms with E-state index in [1.54, 1.807) is 6.07 Å². The zero-order valence-electron chi connectivity index (χ0n) is 9.94. The molecule has 2 rings (SSSR count). The van der Waals surface area contributed by atoms with Crippen LogP contribution in [0.3, 0.4) is 0 Å². The molecule has 0 aliphatic heterocycles. The molecule has 98 valence electrons. The monoisotopic (exact) mass is 323 g/mol. The molecule has 0 saturated carbocycles. The van der Waals surface area contributed by atoms with Crippen molar-refractivity contribution in [1.82, 2.24) is 4.98 Å². The molecule has 1 heterocycles. The van der Waals surface area contributed by atoms with Gasteiger partial charge in [0.1, 0.15) is 5.69 Å². The van der Waals surface area contributed by atoms with Gasteiger partial charge in [0.05, 0.1) is 16.8 Å². The lowest BCUT2D eigenvalue weighted by molar-refractivity contribution is -0.384. The zero-order valence-corrected chi connectivity index (χ0v) is 11.5. The van der Waals surface area contributed by atoms with E-state index in [4.69, 9.17) is 0 Å². The third-order valence-electron chi connectivity index (χ3n) is 2.50. The largest absolute Gasteiger partial charge is 0.351 e. The Bertz CT molecular complexity index is 651. The second-order valence-corrected chi connectivity index (χ2v) is 4.82. The van der Waals surface area contributed by atoms with Crippen LogP contribution in [0.25, 0.3) is 0 Å². The summed E-state index contributed by atoms with van der Waals surface area (Å²) in [6.07, 6.45) is 1.18. The molecule has 0 unspecified atom stereocenters. The van der Waals surface area contributed by atoms with E-state index >= 15 is 0 Å². The Balaban J connectivity index is 2.18. The molecule has 2 N–H and O–H groups in total. The first-order valence-corrected chi connectivity index (χ1v) is 6.17. The Morgan fingerprint density at radius 3 is 2.74 bits per heavy atom. The Hall–Kier alpha value is -2.15. The normalized spacial score (nSPS) is 10.2. The van der Waals surface area contributed by atoms with Crippen molar-refractivity contribution in [1.29, 1.82) is 0 Å². The Kier molecular flexibility index (Phi) is 3.66. The smallest absolute Gasteiger partial charge is 0.287 e. The third-order valence-corrected chi connectivity index (χ3v) is 3.15. The highest BCUT2D eigenvalue weighted by atomic mass is 79.9. The van der Waals surface area contributed by atoms with Crippen molar-refractivity contribution in [3.63, 3.8) is 0 Å². The number of amides is 1. The summed E-state index contributed by atoms with van der Waals surface area (Å²) in [5.74, 6) is -0.433. The number of aromatic nitrogens is 1. The van der Waals surface area contributed by atoms with Crippen LogP contribution in [-0.4, -0.2) is 15.8 Å². The van der Waals surface area contributed by atoms with E-state index in [1.807, 2.05) is 19.1 Å². The summed E-state index contributed by atoms with van der Waals surface area (Å²) in [5, 5.41) is 13.2. The van der Waals surface area contributed by atoms with E-state index in [-0.39, 0.29) is 11.4 Å². The molecule has 1 aromatic heterocycles. The summed E-state index contributed by atoms with van der Waals surface area (Å²) >= 11 is 3.34. The highest BCUT2D eigenvalue weighted by Gasteiger charge is 2.15. The van der Waals surface area contributed by atoms with Crippen LogP contribution in [0.2, 0.25) is 0 Å². The summed E-state index contributed by atoms with van der Waals surface area (Å²) in [4.78, 5) is 24.4. The summed E-state index contributed by atoms with van der Waals surface area (Å²) in [7, 11) is 0. The van der Waals surface area contributed by atoms with Gasteiger partial charge in [0.15, 0.2) is 0 Å². The molecule has 19 heavy (non-hydrogen) atoms. The maximum atomic E-state index is 11.9. The fourth-order valence-electron chi connectivity index (χ4n) is 1.53. The highest BCUT2D eigenvalue weighted by molar-refractivity contribution is 9.10. The van der Waals surface area contributed by atoms with Crippen LogP contribution < -0.4 is 5.32 Å². The maximum absolute atomic E-state index is 11.9. The number of carbonyl (C=O) groups excluding carboxylic acids is 1. The maximum Gasteiger partial charge on any atom is 0.287 e. The molecule has 0 atom stereocenters. The molecule has 0 fully saturated rings. The van der Waals surface area contributed by atoms with Gasteiger partial charge in [0.25, 0.3) is 11.6 Å². The minimum atomic E-state index is -0.560. The topological polar surface area (TPSA) is 88.0 Å². The number of aryl methyl sites for hydroxylation is 1. The van der Waals surface area contributed by atoms with Gasteiger partial charge in [-0.3, -0.25) is 14.9 Å². The molecule has 0 aliphatic rings. The number of H-pyrrole nitrogens is 1. The number of halogens is 1. The first-order chi connectivity index (χ1) is 8.97. The second-order valence-electron chi connectivity index (χ2n) is 3.97. The molecule has 0 radical (unpaired) electrons. The van der Waals surface area contributed by atoms with Crippen LogP contribution in [0.4, 0.5) is 11.4 Å². The minimum absolute atomic E-state index is 0.138. The van der Waals surface area contributed by atoms with E-state index in [1.165, 1.54) is 12.3 Å². The standard InChI is InChI=1S/C12H10BrN3O3/c1-7-2-3-10(9(13)4-7)15-12(17)11-5-8(6-14-11)16(18)19/h2-6,14H,1H3,(H,15,17). The lowest BCUT2D eigenvalue weighted by Crippen LogP contribution is -2.12. The molecule has 6 nitrogen and oxygen atoms in total. The van der Waals surface area contributed by atoms with Gasteiger partial charge in [-0.1, -0.05) is 6.07 Å². The van der Waals surface area contributed by atoms with Crippen molar-refractivity contribution in [2.45, 2.75) is 6.92 Å². The fraction of sp³-hybridized carbons (Fsp3) is 0.0833. The first-order valence-electron chi connectivity index (χ1n) is 5.37. The van der Waals surface area contributed by atoms with Gasteiger partial charge in [-0.25, -0.2) is 0 Å². The lowest BCUT2D eigenvalue weighted by atomic mass is 10.2. The van der Waals surface area contributed by atoms with Crippen LogP contribution in [0.1, 0.15) is 16.1 Å².